The van der Waals surface area contributed by atoms with Gasteiger partial charge in [-0.15, -0.1) is 0 Å². The highest BCUT2D eigenvalue weighted by molar-refractivity contribution is 6.62. The summed E-state index contributed by atoms with van der Waals surface area (Å²) >= 11 is 0. The maximum absolute atomic E-state index is 6.16. The molecular weight excluding hydrogens is 261 g/mol. The summed E-state index contributed by atoms with van der Waals surface area (Å²) in [4.78, 5) is 0. The summed E-state index contributed by atoms with van der Waals surface area (Å²) in [6, 6.07) is 9.42. The predicted octanol–water partition coefficient (Wildman–Crippen LogP) is 3.28. The molecule has 0 spiro atoms. The van der Waals surface area contributed by atoms with Crippen molar-refractivity contribution in [2.24, 2.45) is 0 Å². The van der Waals surface area contributed by atoms with Crippen molar-refractivity contribution in [1.29, 1.82) is 0 Å². The third kappa shape index (κ3) is 2.04. The summed E-state index contributed by atoms with van der Waals surface area (Å²) in [7, 11) is -0.276. The average Bonchev–Trinajstić information content (AvgIpc) is 3.11. The molecule has 1 aliphatic carbocycles. The van der Waals surface area contributed by atoms with Gasteiger partial charge in [0, 0.05) is 17.8 Å². The number of nitrogens with zero attached hydrogens (tertiary/aromatic N) is 1. The lowest BCUT2D eigenvalue weighted by molar-refractivity contribution is 0.00578. The Morgan fingerprint density at radius 1 is 1.05 bits per heavy atom. The maximum atomic E-state index is 6.16. The maximum Gasteiger partial charge on any atom is 0.494 e. The molecule has 0 amide bonds. The van der Waals surface area contributed by atoms with Gasteiger partial charge in [0.05, 0.1) is 11.2 Å². The standard InChI is InChI=1S/C17H22BNO2/c1-16(2)17(3,4)21-18(20-16)13-6-5-12-9-10-19(14-7-8-14)15(12)11-13/h5-6,9-11,14H,7-8H2,1-4H3. The molecule has 4 rings (SSSR count). The highest BCUT2D eigenvalue weighted by atomic mass is 16.7. The first-order chi connectivity index (χ1) is 9.87. The number of hydrogen-bond acceptors (Lipinski definition) is 2. The van der Waals surface area contributed by atoms with Gasteiger partial charge in [-0.1, -0.05) is 12.1 Å². The van der Waals surface area contributed by atoms with Gasteiger partial charge in [-0.3, -0.25) is 0 Å². The predicted molar refractivity (Wildman–Crippen MR) is 85.9 cm³/mol. The molecule has 0 bridgehead atoms. The molecule has 1 saturated heterocycles. The summed E-state index contributed by atoms with van der Waals surface area (Å²) in [5.41, 5.74) is 1.84. The number of aromatic nitrogens is 1. The Labute approximate surface area is 126 Å². The molecule has 2 heterocycles. The molecule has 0 radical (unpaired) electrons. The molecule has 1 aliphatic heterocycles. The number of hydrogen-bond donors (Lipinski definition) is 0. The highest BCUT2D eigenvalue weighted by Gasteiger charge is 2.51. The van der Waals surface area contributed by atoms with E-state index in [4.69, 9.17) is 9.31 Å². The van der Waals surface area contributed by atoms with Crippen molar-refractivity contribution in [3.05, 3.63) is 30.5 Å². The van der Waals surface area contributed by atoms with E-state index in [1.54, 1.807) is 0 Å². The van der Waals surface area contributed by atoms with Crippen LogP contribution in [0.15, 0.2) is 30.5 Å². The minimum atomic E-state index is -0.287. The topological polar surface area (TPSA) is 23.4 Å². The van der Waals surface area contributed by atoms with E-state index in [-0.39, 0.29) is 18.3 Å². The molecule has 2 fully saturated rings. The van der Waals surface area contributed by atoms with E-state index < -0.39 is 0 Å². The van der Waals surface area contributed by atoms with Crippen molar-refractivity contribution in [3.63, 3.8) is 0 Å². The number of fused-ring (bicyclic) bond motifs is 1. The van der Waals surface area contributed by atoms with Crippen LogP contribution in [-0.4, -0.2) is 22.9 Å². The zero-order chi connectivity index (χ0) is 14.8. The van der Waals surface area contributed by atoms with E-state index in [0.717, 1.165) is 5.46 Å². The summed E-state index contributed by atoms with van der Waals surface area (Å²) in [5, 5.41) is 1.29. The number of benzene rings is 1. The molecule has 0 N–H and O–H groups in total. The van der Waals surface area contributed by atoms with Crippen LogP contribution in [0.2, 0.25) is 0 Å². The van der Waals surface area contributed by atoms with Crippen LogP contribution in [0.1, 0.15) is 46.6 Å². The Bertz CT molecular complexity index is 684. The third-order valence-corrected chi connectivity index (χ3v) is 5.21. The van der Waals surface area contributed by atoms with Gasteiger partial charge >= 0.3 is 7.12 Å². The second kappa shape index (κ2) is 4.14. The van der Waals surface area contributed by atoms with Crippen molar-refractivity contribution in [3.8, 4) is 0 Å². The normalized spacial score (nSPS) is 23.9. The van der Waals surface area contributed by atoms with Gasteiger partial charge in [0.15, 0.2) is 0 Å². The Balaban J connectivity index is 1.73. The lowest BCUT2D eigenvalue weighted by atomic mass is 9.79. The lowest BCUT2D eigenvalue weighted by Crippen LogP contribution is -2.41. The number of rotatable bonds is 2. The lowest BCUT2D eigenvalue weighted by Gasteiger charge is -2.32. The summed E-state index contributed by atoms with van der Waals surface area (Å²) in [5.74, 6) is 0. The fourth-order valence-corrected chi connectivity index (χ4v) is 2.96. The van der Waals surface area contributed by atoms with Crippen molar-refractivity contribution in [1.82, 2.24) is 4.57 Å². The van der Waals surface area contributed by atoms with Gasteiger partial charge in [0.2, 0.25) is 0 Å². The van der Waals surface area contributed by atoms with Crippen molar-refractivity contribution in [2.45, 2.75) is 57.8 Å². The Morgan fingerprint density at radius 3 is 2.33 bits per heavy atom. The fourth-order valence-electron chi connectivity index (χ4n) is 2.96. The van der Waals surface area contributed by atoms with Crippen LogP contribution >= 0.6 is 0 Å². The summed E-state index contributed by atoms with van der Waals surface area (Å²) in [6.45, 7) is 8.38. The van der Waals surface area contributed by atoms with Gasteiger partial charge in [0.1, 0.15) is 0 Å². The second-order valence-electron chi connectivity index (χ2n) is 7.36. The van der Waals surface area contributed by atoms with Crippen LogP contribution in [0.3, 0.4) is 0 Å². The zero-order valence-corrected chi connectivity index (χ0v) is 13.2. The smallest absolute Gasteiger partial charge is 0.399 e. The SMILES string of the molecule is CC1(C)OB(c2ccc3ccn(C4CC4)c3c2)OC1(C)C. The van der Waals surface area contributed by atoms with E-state index in [2.05, 4.69) is 62.7 Å². The molecule has 0 unspecified atom stereocenters. The van der Waals surface area contributed by atoms with E-state index >= 15 is 0 Å². The third-order valence-electron chi connectivity index (χ3n) is 5.21. The van der Waals surface area contributed by atoms with E-state index in [0.29, 0.717) is 6.04 Å². The van der Waals surface area contributed by atoms with E-state index in [1.807, 2.05) is 0 Å². The molecular formula is C17H22BNO2. The second-order valence-corrected chi connectivity index (χ2v) is 7.36. The van der Waals surface area contributed by atoms with Crippen molar-refractivity contribution in [2.75, 3.05) is 0 Å². The van der Waals surface area contributed by atoms with E-state index in [9.17, 15) is 0 Å². The van der Waals surface area contributed by atoms with Gasteiger partial charge in [-0.05, 0) is 63.5 Å². The van der Waals surface area contributed by atoms with Gasteiger partial charge in [-0.25, -0.2) is 0 Å². The monoisotopic (exact) mass is 283 g/mol. The van der Waals surface area contributed by atoms with Gasteiger partial charge in [0.25, 0.3) is 0 Å². The zero-order valence-electron chi connectivity index (χ0n) is 13.2. The van der Waals surface area contributed by atoms with Gasteiger partial charge in [-0.2, -0.15) is 0 Å². The quantitative estimate of drug-likeness (QED) is 0.790. The van der Waals surface area contributed by atoms with Crippen LogP contribution in [0.25, 0.3) is 10.9 Å². The minimum Gasteiger partial charge on any atom is -0.399 e. The summed E-state index contributed by atoms with van der Waals surface area (Å²) in [6.07, 6.45) is 4.80. The molecule has 21 heavy (non-hydrogen) atoms. The molecule has 1 aromatic carbocycles. The van der Waals surface area contributed by atoms with Crippen LogP contribution in [0, 0.1) is 0 Å². The molecule has 4 heteroatoms. The highest BCUT2D eigenvalue weighted by Crippen LogP contribution is 2.38. The first-order valence-electron chi connectivity index (χ1n) is 7.83. The van der Waals surface area contributed by atoms with Crippen LogP contribution < -0.4 is 5.46 Å². The Hall–Kier alpha value is -1.26. The van der Waals surface area contributed by atoms with E-state index in [1.165, 1.54) is 23.7 Å². The van der Waals surface area contributed by atoms with Gasteiger partial charge < -0.3 is 13.9 Å². The molecule has 110 valence electrons. The molecule has 2 aromatic rings. The minimum absolute atomic E-state index is 0.276. The molecule has 1 aromatic heterocycles. The largest absolute Gasteiger partial charge is 0.494 e. The summed E-state index contributed by atoms with van der Waals surface area (Å²) < 4.78 is 14.7. The molecule has 3 nitrogen and oxygen atoms in total. The molecule has 2 aliphatic rings. The fraction of sp³-hybridized carbons (Fsp3) is 0.529. The van der Waals surface area contributed by atoms with Crippen molar-refractivity contribution < 1.29 is 9.31 Å². The van der Waals surface area contributed by atoms with Crippen molar-refractivity contribution >= 4 is 23.5 Å². The average molecular weight is 283 g/mol. The Morgan fingerprint density at radius 2 is 1.71 bits per heavy atom. The molecule has 0 atom stereocenters. The van der Waals surface area contributed by atoms with Crippen LogP contribution in [0.4, 0.5) is 0 Å². The van der Waals surface area contributed by atoms with Crippen LogP contribution in [0.5, 0.6) is 0 Å². The first kappa shape index (κ1) is 13.4. The molecule has 1 saturated carbocycles. The Kier molecular flexibility index (Phi) is 2.65. The first-order valence-corrected chi connectivity index (χ1v) is 7.83. The van der Waals surface area contributed by atoms with Crippen LogP contribution in [-0.2, 0) is 9.31 Å².